The fourth-order valence-corrected chi connectivity index (χ4v) is 15.9. The molecule has 542 valence electrons. The van der Waals surface area contributed by atoms with Crippen LogP contribution in [0.25, 0.3) is 211 Å². The zero-order chi connectivity index (χ0) is 77.1. The Bertz CT molecular complexity index is 7180. The van der Waals surface area contributed by atoms with Gasteiger partial charge in [0.25, 0.3) is 0 Å². The molecule has 0 bridgehead atoms. The Labute approximate surface area is 673 Å². The first-order valence-corrected chi connectivity index (χ1v) is 39.3. The van der Waals surface area contributed by atoms with Gasteiger partial charge in [-0.3, -0.25) is 0 Å². The lowest BCUT2D eigenvalue weighted by molar-refractivity contribution is 1.07. The van der Waals surface area contributed by atoms with Gasteiger partial charge in [-0.15, -0.1) is 0 Å². The van der Waals surface area contributed by atoms with Crippen LogP contribution >= 0.6 is 0 Å². The van der Waals surface area contributed by atoms with Crippen molar-refractivity contribution in [2.45, 2.75) is 0 Å². The van der Waals surface area contributed by atoms with Gasteiger partial charge in [0.2, 0.25) is 0 Å². The summed E-state index contributed by atoms with van der Waals surface area (Å²) in [5, 5.41) is 12.0. The Balaban J connectivity index is 0.000000150. The molecule has 2 heterocycles. The molecule has 0 fully saturated rings. The summed E-state index contributed by atoms with van der Waals surface area (Å²) < 4.78 is 0. The Morgan fingerprint density at radius 2 is 0.276 bits per heavy atom. The molecule has 116 heavy (non-hydrogen) atoms. The van der Waals surface area contributed by atoms with Gasteiger partial charge in [-0.1, -0.05) is 370 Å². The van der Waals surface area contributed by atoms with Crippen LogP contribution in [-0.2, 0) is 0 Å². The molecular weight excluding hydrogens is 1410 g/mol. The molecule has 0 N–H and O–H groups in total. The minimum atomic E-state index is 0.624. The molecule has 21 aromatic rings. The highest BCUT2D eigenvalue weighted by Crippen LogP contribution is 2.41. The summed E-state index contributed by atoms with van der Waals surface area (Å²) in [4.78, 5) is 31.2. The van der Waals surface area contributed by atoms with E-state index in [1.807, 2.05) is 12.1 Å². The van der Waals surface area contributed by atoms with E-state index in [4.69, 9.17) is 29.9 Å². The summed E-state index contributed by atoms with van der Waals surface area (Å²) in [5.74, 6) is 3.76. The van der Waals surface area contributed by atoms with Crippen molar-refractivity contribution >= 4 is 53.9 Å². The third kappa shape index (κ3) is 14.5. The lowest BCUT2D eigenvalue weighted by atomic mass is 9.94. The van der Waals surface area contributed by atoms with E-state index in [0.29, 0.717) is 34.9 Å². The molecule has 0 aliphatic carbocycles. The van der Waals surface area contributed by atoms with Crippen molar-refractivity contribution < 1.29 is 0 Å². The normalized spacial score (nSPS) is 11.3. The van der Waals surface area contributed by atoms with E-state index in [9.17, 15) is 0 Å². The quantitative estimate of drug-likeness (QED) is 0.108. The first-order chi connectivity index (χ1) is 57.4. The van der Waals surface area contributed by atoms with Crippen LogP contribution in [0.5, 0.6) is 0 Å². The predicted molar refractivity (Wildman–Crippen MR) is 483 cm³/mol. The fraction of sp³-hybridized carbons (Fsp3) is 0. The molecule has 0 saturated carbocycles. The van der Waals surface area contributed by atoms with E-state index in [1.165, 1.54) is 81.9 Å². The Kier molecular flexibility index (Phi) is 18.6. The Hall–Kier alpha value is -15.5. The zero-order valence-electron chi connectivity index (χ0n) is 63.3. The van der Waals surface area contributed by atoms with Crippen molar-refractivity contribution in [3.63, 3.8) is 0 Å². The summed E-state index contributed by atoms with van der Waals surface area (Å²) in [6, 6.07) is 154. The predicted octanol–water partition coefficient (Wildman–Crippen LogP) is 28.8. The van der Waals surface area contributed by atoms with Crippen molar-refractivity contribution in [1.82, 2.24) is 29.9 Å². The van der Waals surface area contributed by atoms with E-state index < -0.39 is 0 Å². The summed E-state index contributed by atoms with van der Waals surface area (Å²) in [5.41, 5.74) is 23.9. The van der Waals surface area contributed by atoms with Crippen molar-refractivity contribution in [3.8, 4) is 157 Å². The third-order valence-corrected chi connectivity index (χ3v) is 22.0. The van der Waals surface area contributed by atoms with E-state index in [0.717, 1.165) is 94.4 Å². The molecule has 0 amide bonds. The van der Waals surface area contributed by atoms with Gasteiger partial charge in [-0.05, 0) is 210 Å². The molecule has 0 aliphatic rings. The Morgan fingerprint density at radius 3 is 0.603 bits per heavy atom. The summed E-state index contributed by atoms with van der Waals surface area (Å²) >= 11 is 0. The maximum atomic E-state index is 5.25. The molecular formula is C110H72N6. The number of fused-ring (bicyclic) bond motifs is 5. The first-order valence-electron chi connectivity index (χ1n) is 39.3. The van der Waals surface area contributed by atoms with Crippen molar-refractivity contribution in [2.75, 3.05) is 0 Å². The highest BCUT2D eigenvalue weighted by Gasteiger charge is 2.21. The standard InChI is InChI=1S/C57H37N3.C53H35N3/c1-2-12-38(13-3-1)43-18-10-19-44(32-43)45-20-11-21-51(37-45)55-58-56(52-31-25-40-15-5-7-17-42(40)36-52)60-57(59-55)54-23-9-8-22-53(54)50-30-29-48-34-47(27-28-49(48)35-50)46-26-24-39-14-4-6-16-41(39)33-46;1-3-13-36(14-4-1)40-19-11-21-47(34-40)51-54-52(48-22-12-20-41(35-48)37-15-5-2-6-16-37)56-53(55-51)50-24-10-9-23-49(50)46-30-29-44-32-43(27-28-45(44)33-46)42-26-25-38-17-7-8-18-39(38)31-42/h1-37H;1-35H. The Morgan fingerprint density at radius 1 is 0.0948 bits per heavy atom. The summed E-state index contributed by atoms with van der Waals surface area (Å²) in [6.07, 6.45) is 0. The van der Waals surface area contributed by atoms with E-state index in [1.54, 1.807) is 0 Å². The molecule has 0 aliphatic heterocycles. The van der Waals surface area contributed by atoms with Crippen LogP contribution in [0.15, 0.2) is 437 Å². The van der Waals surface area contributed by atoms with E-state index in [-0.39, 0.29) is 0 Å². The van der Waals surface area contributed by atoms with Crippen LogP contribution in [-0.4, -0.2) is 29.9 Å². The molecule has 0 unspecified atom stereocenters. The van der Waals surface area contributed by atoms with Crippen LogP contribution < -0.4 is 0 Å². The molecule has 21 rings (SSSR count). The number of hydrogen-bond acceptors (Lipinski definition) is 6. The van der Waals surface area contributed by atoms with Crippen molar-refractivity contribution in [2.24, 2.45) is 0 Å². The number of benzene rings is 19. The number of nitrogens with zero attached hydrogens (tertiary/aromatic N) is 6. The van der Waals surface area contributed by atoms with Gasteiger partial charge < -0.3 is 0 Å². The van der Waals surface area contributed by atoms with Crippen LogP contribution in [0.1, 0.15) is 0 Å². The van der Waals surface area contributed by atoms with Crippen molar-refractivity contribution in [3.05, 3.63) is 437 Å². The van der Waals surface area contributed by atoms with Crippen LogP contribution in [0, 0.1) is 0 Å². The second kappa shape index (κ2) is 31.0. The first kappa shape index (κ1) is 69.7. The molecule has 6 heteroatoms. The molecule has 0 spiro atoms. The van der Waals surface area contributed by atoms with Crippen molar-refractivity contribution in [1.29, 1.82) is 0 Å². The highest BCUT2D eigenvalue weighted by molar-refractivity contribution is 5.98. The molecule has 2 aromatic heterocycles. The van der Waals surface area contributed by atoms with Gasteiger partial charge in [0.05, 0.1) is 0 Å². The largest absolute Gasteiger partial charge is 0.208 e. The topological polar surface area (TPSA) is 77.3 Å². The zero-order valence-corrected chi connectivity index (χ0v) is 63.3. The highest BCUT2D eigenvalue weighted by atomic mass is 15.0. The van der Waals surface area contributed by atoms with Gasteiger partial charge >= 0.3 is 0 Å². The fourth-order valence-electron chi connectivity index (χ4n) is 15.9. The van der Waals surface area contributed by atoms with Crippen LogP contribution in [0.4, 0.5) is 0 Å². The third-order valence-electron chi connectivity index (χ3n) is 22.0. The van der Waals surface area contributed by atoms with Crippen LogP contribution in [0.3, 0.4) is 0 Å². The van der Waals surface area contributed by atoms with Gasteiger partial charge in [-0.2, -0.15) is 0 Å². The second-order valence-electron chi connectivity index (χ2n) is 29.4. The molecule has 0 atom stereocenters. The number of rotatable bonds is 14. The smallest absolute Gasteiger partial charge is 0.164 e. The van der Waals surface area contributed by atoms with Gasteiger partial charge in [0.1, 0.15) is 0 Å². The maximum absolute atomic E-state index is 5.25. The average molecular weight is 1480 g/mol. The van der Waals surface area contributed by atoms with Crippen LogP contribution in [0.2, 0.25) is 0 Å². The van der Waals surface area contributed by atoms with E-state index >= 15 is 0 Å². The molecule has 0 radical (unpaired) electrons. The summed E-state index contributed by atoms with van der Waals surface area (Å²) in [6.45, 7) is 0. The minimum Gasteiger partial charge on any atom is -0.208 e. The van der Waals surface area contributed by atoms with Gasteiger partial charge in [0, 0.05) is 33.4 Å². The lowest BCUT2D eigenvalue weighted by Crippen LogP contribution is -2.01. The van der Waals surface area contributed by atoms with Gasteiger partial charge in [0.15, 0.2) is 34.9 Å². The molecule has 0 saturated heterocycles. The lowest BCUT2D eigenvalue weighted by Gasteiger charge is -2.14. The molecule has 19 aromatic carbocycles. The number of hydrogen-bond donors (Lipinski definition) is 0. The maximum Gasteiger partial charge on any atom is 0.164 e. The second-order valence-corrected chi connectivity index (χ2v) is 29.4. The van der Waals surface area contributed by atoms with Gasteiger partial charge in [-0.25, -0.2) is 29.9 Å². The average Bonchev–Trinajstić information content (AvgIpc) is 0.783. The number of aromatic nitrogens is 6. The SMILES string of the molecule is c1ccc(-c2cccc(-c3cccc(-c4nc(-c5ccc6ccccc6c5)nc(-c5ccccc5-c5ccc6cc(-c7ccc8ccccc8c7)ccc6c5)n4)c3)c2)cc1.c1ccc(-c2cccc(-c3nc(-c4cccc(-c5ccccc5)c4)nc(-c4ccccc4-c4ccc5cc(-c6ccc7ccccc7c6)ccc5c4)n3)c2)cc1. The summed E-state index contributed by atoms with van der Waals surface area (Å²) in [7, 11) is 0. The molecule has 6 nitrogen and oxygen atoms in total. The monoisotopic (exact) mass is 1480 g/mol. The van der Waals surface area contributed by atoms with E-state index in [2.05, 4.69) is 425 Å². The minimum absolute atomic E-state index is 0.624.